The van der Waals surface area contributed by atoms with Crippen LogP contribution in [0.1, 0.15) is 38.9 Å². The second-order valence-corrected chi connectivity index (χ2v) is 17.2. The molecule has 19 heteroatoms. The van der Waals surface area contributed by atoms with Gasteiger partial charge in [0.1, 0.15) is 5.56 Å². The van der Waals surface area contributed by atoms with Gasteiger partial charge in [0, 0.05) is 21.5 Å². The SMILES string of the molecule is N#Cc1cc(C#N)cc(-c2cc(-n3c4ccccc4c4cc(-c5cc(C(F)(F)F)cc(C(F)(F)F)c5)ccc43)c(C(F)(F)F)c(-n3c4ccccc4c4cc(-c5cc(C(F)(F)F)cc(C(F)(F)F)c5)ccc43)c2)c1. The minimum Gasteiger partial charge on any atom is -0.309 e. The van der Waals surface area contributed by atoms with Gasteiger partial charge >= 0.3 is 30.9 Å². The largest absolute Gasteiger partial charge is 0.420 e. The number of halogens is 15. The van der Waals surface area contributed by atoms with Gasteiger partial charge in [0.05, 0.1) is 79.0 Å². The second-order valence-electron chi connectivity index (χ2n) is 17.2. The zero-order chi connectivity index (χ0) is 53.0. The van der Waals surface area contributed by atoms with E-state index in [1.165, 1.54) is 100 Å². The molecule has 0 aliphatic heterocycles. The van der Waals surface area contributed by atoms with Crippen LogP contribution >= 0.6 is 0 Å². The Balaban J connectivity index is 1.30. The number of benzene rings is 8. The van der Waals surface area contributed by atoms with Crippen molar-refractivity contribution in [2.24, 2.45) is 0 Å². The first-order chi connectivity index (χ1) is 34.7. The molecule has 0 fully saturated rings. The van der Waals surface area contributed by atoms with Gasteiger partial charge in [0.2, 0.25) is 0 Å². The van der Waals surface area contributed by atoms with Crippen molar-refractivity contribution in [1.82, 2.24) is 9.13 Å². The molecule has 370 valence electrons. The highest BCUT2D eigenvalue weighted by Gasteiger charge is 2.41. The van der Waals surface area contributed by atoms with E-state index >= 15 is 13.2 Å². The van der Waals surface area contributed by atoms with Crippen LogP contribution in [0, 0.1) is 22.7 Å². The molecule has 74 heavy (non-hydrogen) atoms. The third-order valence-electron chi connectivity index (χ3n) is 12.6. The van der Waals surface area contributed by atoms with Gasteiger partial charge in [-0.2, -0.15) is 76.4 Å². The lowest BCUT2D eigenvalue weighted by Gasteiger charge is -2.23. The molecule has 0 saturated heterocycles. The number of aromatic nitrogens is 2. The number of alkyl halides is 15. The molecule has 0 aliphatic rings. The average Bonchev–Trinajstić information content (AvgIpc) is 3.86. The highest BCUT2D eigenvalue weighted by molar-refractivity contribution is 6.12. The molecule has 2 aromatic heterocycles. The fourth-order valence-corrected chi connectivity index (χ4v) is 9.41. The fourth-order valence-electron chi connectivity index (χ4n) is 9.41. The molecule has 0 aliphatic carbocycles. The van der Waals surface area contributed by atoms with E-state index in [9.17, 15) is 63.2 Å². The van der Waals surface area contributed by atoms with E-state index in [2.05, 4.69) is 0 Å². The van der Waals surface area contributed by atoms with Gasteiger partial charge in [0.25, 0.3) is 0 Å². The van der Waals surface area contributed by atoms with Gasteiger partial charge in [-0.1, -0.05) is 48.5 Å². The van der Waals surface area contributed by atoms with Crippen molar-refractivity contribution in [2.45, 2.75) is 30.9 Å². The Bertz CT molecular complexity index is 3730. The zero-order valence-corrected chi connectivity index (χ0v) is 36.9. The third-order valence-corrected chi connectivity index (χ3v) is 12.6. The molecule has 2 heterocycles. The molecule has 10 aromatic rings. The molecule has 4 nitrogen and oxygen atoms in total. The average molecular weight is 1030 g/mol. The van der Waals surface area contributed by atoms with Crippen molar-refractivity contribution in [3.8, 4) is 56.9 Å². The van der Waals surface area contributed by atoms with Crippen LogP contribution in [0.25, 0.3) is 88.4 Å². The summed E-state index contributed by atoms with van der Waals surface area (Å²) in [6.45, 7) is 0. The normalized spacial score (nSPS) is 12.8. The summed E-state index contributed by atoms with van der Waals surface area (Å²) in [4.78, 5) is 0. The van der Waals surface area contributed by atoms with Gasteiger partial charge in [-0.15, -0.1) is 0 Å². The number of rotatable bonds is 5. The van der Waals surface area contributed by atoms with E-state index in [0.29, 0.717) is 24.3 Å². The van der Waals surface area contributed by atoms with Crippen LogP contribution in [-0.4, -0.2) is 9.13 Å². The molecule has 0 atom stereocenters. The van der Waals surface area contributed by atoms with E-state index in [4.69, 9.17) is 0 Å². The van der Waals surface area contributed by atoms with Crippen LogP contribution in [0.3, 0.4) is 0 Å². The first-order valence-corrected chi connectivity index (χ1v) is 21.6. The molecule has 10 rings (SSSR count). The van der Waals surface area contributed by atoms with Crippen LogP contribution in [0.5, 0.6) is 0 Å². The summed E-state index contributed by atoms with van der Waals surface area (Å²) in [5.41, 5.74) is -10.1. The van der Waals surface area contributed by atoms with Gasteiger partial charge in [-0.05, 0) is 137 Å². The molecule has 0 bridgehead atoms. The Morgan fingerprint density at radius 1 is 0.297 bits per heavy atom. The Morgan fingerprint density at radius 2 is 0.622 bits per heavy atom. The van der Waals surface area contributed by atoms with E-state index in [0.717, 1.165) is 24.3 Å². The van der Waals surface area contributed by atoms with Crippen molar-refractivity contribution >= 4 is 43.6 Å². The monoisotopic (exact) mass is 1030 g/mol. The fraction of sp³-hybridized carbons (Fsp3) is 0.0909. The summed E-state index contributed by atoms with van der Waals surface area (Å²) in [5, 5.41) is 20.6. The van der Waals surface area contributed by atoms with Crippen LogP contribution in [0.4, 0.5) is 65.9 Å². The quantitative estimate of drug-likeness (QED) is 0.161. The molecule has 0 radical (unpaired) electrons. The number of nitriles is 2. The number of hydrogen-bond donors (Lipinski definition) is 0. The van der Waals surface area contributed by atoms with Gasteiger partial charge in [-0.25, -0.2) is 0 Å². The first-order valence-electron chi connectivity index (χ1n) is 21.6. The lowest BCUT2D eigenvalue weighted by molar-refractivity contribution is -0.144. The molecule has 0 amide bonds. The minimum absolute atomic E-state index is 0.00115. The summed E-state index contributed by atoms with van der Waals surface area (Å²) in [6.07, 6.45) is -26.1. The summed E-state index contributed by atoms with van der Waals surface area (Å²) in [6, 6.07) is 31.2. The molecule has 8 aromatic carbocycles. The molecule has 0 N–H and O–H groups in total. The van der Waals surface area contributed by atoms with E-state index < -0.39 is 81.2 Å². The van der Waals surface area contributed by atoms with Gasteiger partial charge in [-0.3, -0.25) is 0 Å². The number of fused-ring (bicyclic) bond motifs is 6. The zero-order valence-electron chi connectivity index (χ0n) is 36.9. The molecular weight excluding hydrogens is 1000 g/mol. The highest BCUT2D eigenvalue weighted by Crippen LogP contribution is 2.48. The standard InChI is InChI=1S/C55H25F15N4/c56-51(57,58)36-16-33(17-37(24-36)52(59,60)61)30-9-11-46-42(20-30)40-5-1-3-7-44(40)73(46)48-22-35(32-14-28(26-71)13-29(15-32)27-72)23-49(50(48)55(68,69)70)74-45-8-4-2-6-41(45)43-21-31(10-12-47(43)74)34-18-38(53(62,63)64)25-39(19-34)54(65,66)67/h1-25H. The Kier molecular flexibility index (Phi) is 11.2. The maximum absolute atomic E-state index is 16.5. The lowest BCUT2D eigenvalue weighted by Crippen LogP contribution is -2.16. The Morgan fingerprint density at radius 3 is 0.959 bits per heavy atom. The molecule has 0 spiro atoms. The first kappa shape index (κ1) is 48.9. The molecule has 0 unspecified atom stereocenters. The Hall–Kier alpha value is -8.71. The maximum atomic E-state index is 16.5. The predicted molar refractivity (Wildman–Crippen MR) is 246 cm³/mol. The summed E-state index contributed by atoms with van der Waals surface area (Å²) in [7, 11) is 0. The maximum Gasteiger partial charge on any atom is 0.420 e. The number of nitrogens with zero attached hydrogens (tertiary/aromatic N) is 4. The van der Waals surface area contributed by atoms with E-state index in [-0.39, 0.29) is 89.1 Å². The van der Waals surface area contributed by atoms with Gasteiger partial charge < -0.3 is 9.13 Å². The smallest absolute Gasteiger partial charge is 0.309 e. The van der Waals surface area contributed by atoms with E-state index in [1.54, 1.807) is 0 Å². The van der Waals surface area contributed by atoms with Crippen LogP contribution in [0.2, 0.25) is 0 Å². The Labute approximate surface area is 406 Å². The van der Waals surface area contributed by atoms with Crippen molar-refractivity contribution < 1.29 is 65.9 Å². The number of hydrogen-bond acceptors (Lipinski definition) is 2. The third kappa shape index (κ3) is 8.57. The van der Waals surface area contributed by atoms with E-state index in [1.807, 2.05) is 12.1 Å². The van der Waals surface area contributed by atoms with Crippen molar-refractivity contribution in [3.63, 3.8) is 0 Å². The van der Waals surface area contributed by atoms with Crippen molar-refractivity contribution in [2.75, 3.05) is 0 Å². The van der Waals surface area contributed by atoms with Crippen molar-refractivity contribution in [1.29, 1.82) is 10.5 Å². The summed E-state index contributed by atoms with van der Waals surface area (Å²) >= 11 is 0. The van der Waals surface area contributed by atoms with Crippen LogP contribution in [-0.2, 0) is 30.9 Å². The topological polar surface area (TPSA) is 57.4 Å². The van der Waals surface area contributed by atoms with Crippen LogP contribution < -0.4 is 0 Å². The minimum atomic E-state index is -5.30. The van der Waals surface area contributed by atoms with Crippen LogP contribution in [0.15, 0.2) is 152 Å². The predicted octanol–water partition coefficient (Wildman–Crippen LogP) is 17.7. The summed E-state index contributed by atoms with van der Waals surface area (Å²) in [5.74, 6) is 0. The molecular formula is C55H25F15N4. The lowest BCUT2D eigenvalue weighted by atomic mass is 9.96. The summed E-state index contributed by atoms with van der Waals surface area (Å²) < 4.78 is 220. The van der Waals surface area contributed by atoms with Crippen molar-refractivity contribution in [3.05, 3.63) is 191 Å². The second kappa shape index (κ2) is 16.9. The highest BCUT2D eigenvalue weighted by atomic mass is 19.4. The molecule has 0 saturated carbocycles. The van der Waals surface area contributed by atoms with Gasteiger partial charge in [0.15, 0.2) is 0 Å². The number of para-hydroxylation sites is 2.